The molecular formula is C65H104O6. The van der Waals surface area contributed by atoms with Crippen molar-refractivity contribution in [3.8, 4) is 0 Å². The minimum atomic E-state index is -0.815. The maximum Gasteiger partial charge on any atom is 0.306 e. The Balaban J connectivity index is 4.51. The molecule has 0 bridgehead atoms. The number of carbonyl (C=O) groups is 3. The lowest BCUT2D eigenvalue weighted by Gasteiger charge is -2.18. The molecule has 0 aliphatic heterocycles. The van der Waals surface area contributed by atoms with E-state index in [1.165, 1.54) is 57.8 Å². The monoisotopic (exact) mass is 981 g/mol. The Morgan fingerprint density at radius 2 is 0.563 bits per heavy atom. The number of unbranched alkanes of at least 4 members (excludes halogenated alkanes) is 17. The molecule has 400 valence electrons. The maximum atomic E-state index is 12.9. The van der Waals surface area contributed by atoms with Crippen molar-refractivity contribution in [3.05, 3.63) is 134 Å². The highest BCUT2D eigenvalue weighted by molar-refractivity contribution is 5.71. The van der Waals surface area contributed by atoms with Gasteiger partial charge in [0.25, 0.3) is 0 Å². The van der Waals surface area contributed by atoms with Crippen molar-refractivity contribution in [3.63, 3.8) is 0 Å². The topological polar surface area (TPSA) is 78.9 Å². The normalized spacial score (nSPS) is 13.1. The van der Waals surface area contributed by atoms with E-state index >= 15 is 0 Å². The van der Waals surface area contributed by atoms with Gasteiger partial charge in [-0.15, -0.1) is 0 Å². The van der Waals surface area contributed by atoms with E-state index in [2.05, 4.69) is 154 Å². The molecule has 0 saturated carbocycles. The molecule has 0 aliphatic rings. The van der Waals surface area contributed by atoms with E-state index in [-0.39, 0.29) is 37.5 Å². The summed E-state index contributed by atoms with van der Waals surface area (Å²) in [6, 6.07) is 0. The average molecular weight is 982 g/mol. The summed E-state index contributed by atoms with van der Waals surface area (Å²) in [5.41, 5.74) is 0. The number of ether oxygens (including phenoxy) is 3. The van der Waals surface area contributed by atoms with E-state index in [1.807, 2.05) is 0 Å². The van der Waals surface area contributed by atoms with Crippen LogP contribution in [0.5, 0.6) is 0 Å². The van der Waals surface area contributed by atoms with Crippen molar-refractivity contribution in [2.45, 2.75) is 245 Å². The summed E-state index contributed by atoms with van der Waals surface area (Å²) in [7, 11) is 0. The lowest BCUT2D eigenvalue weighted by atomic mass is 10.1. The van der Waals surface area contributed by atoms with Crippen LogP contribution in [0.1, 0.15) is 239 Å². The fourth-order valence-electron chi connectivity index (χ4n) is 7.38. The molecule has 0 aromatic heterocycles. The Morgan fingerprint density at radius 3 is 0.930 bits per heavy atom. The third-order valence-electron chi connectivity index (χ3n) is 11.6. The molecule has 1 unspecified atom stereocenters. The molecule has 6 nitrogen and oxygen atoms in total. The van der Waals surface area contributed by atoms with Crippen LogP contribution in [0.3, 0.4) is 0 Å². The van der Waals surface area contributed by atoms with E-state index in [0.29, 0.717) is 19.3 Å². The second-order valence-electron chi connectivity index (χ2n) is 18.4. The maximum absolute atomic E-state index is 12.9. The smallest absolute Gasteiger partial charge is 0.306 e. The lowest BCUT2D eigenvalue weighted by molar-refractivity contribution is -0.167. The number of hydrogen-bond acceptors (Lipinski definition) is 6. The van der Waals surface area contributed by atoms with Crippen LogP contribution < -0.4 is 0 Å². The third-order valence-corrected chi connectivity index (χ3v) is 11.6. The van der Waals surface area contributed by atoms with Crippen LogP contribution >= 0.6 is 0 Å². The van der Waals surface area contributed by atoms with E-state index in [9.17, 15) is 14.4 Å². The molecule has 0 rings (SSSR count). The van der Waals surface area contributed by atoms with Gasteiger partial charge in [-0.05, 0) is 128 Å². The van der Waals surface area contributed by atoms with Crippen molar-refractivity contribution in [2.75, 3.05) is 13.2 Å². The standard InChI is InChI=1S/C65H104O6/c1-4-7-10-13-16-19-22-25-27-29-30-31-32-33-34-36-37-40-43-46-49-52-55-58-64(67)70-61-62(60-69-63(66)57-54-51-48-45-42-39-24-21-18-15-12-9-6-3)71-65(68)59-56-53-50-47-44-41-38-35-28-26-23-20-17-14-11-8-5-2/h7-8,10-11,16-17,19-21,24-28,30-31,33-34,37,40,46,49,62H,4-6,9,12-15,18,22-23,29,32,35-36,38-39,41-45,47-48,50-61H2,1-3H3/b10-7-,11-8-,19-16-,20-17-,24-21-,27-25-,28-26-,31-30-,34-33-,40-37-,49-46-. The first-order valence-corrected chi connectivity index (χ1v) is 28.7. The zero-order valence-corrected chi connectivity index (χ0v) is 45.7. The Morgan fingerprint density at radius 1 is 0.296 bits per heavy atom. The van der Waals surface area contributed by atoms with E-state index in [4.69, 9.17) is 14.2 Å². The van der Waals surface area contributed by atoms with E-state index < -0.39 is 6.10 Å². The van der Waals surface area contributed by atoms with Gasteiger partial charge < -0.3 is 14.2 Å². The second kappa shape index (κ2) is 58.1. The van der Waals surface area contributed by atoms with Gasteiger partial charge in [0.1, 0.15) is 13.2 Å². The first kappa shape index (κ1) is 66.6. The van der Waals surface area contributed by atoms with Crippen LogP contribution in [0.25, 0.3) is 0 Å². The molecule has 0 fully saturated rings. The Bertz CT molecular complexity index is 1550. The zero-order valence-electron chi connectivity index (χ0n) is 45.7. The predicted octanol–water partition coefficient (Wildman–Crippen LogP) is 19.4. The fraction of sp³-hybridized carbons (Fsp3) is 0.615. The first-order chi connectivity index (χ1) is 35.0. The number of hydrogen-bond donors (Lipinski definition) is 0. The van der Waals surface area contributed by atoms with Crippen molar-refractivity contribution in [2.24, 2.45) is 0 Å². The van der Waals surface area contributed by atoms with Gasteiger partial charge in [0, 0.05) is 19.3 Å². The summed E-state index contributed by atoms with van der Waals surface area (Å²) in [6.07, 6.45) is 81.6. The van der Waals surface area contributed by atoms with Gasteiger partial charge in [-0.3, -0.25) is 14.4 Å². The molecule has 0 saturated heterocycles. The van der Waals surface area contributed by atoms with Crippen LogP contribution in [0.4, 0.5) is 0 Å². The zero-order chi connectivity index (χ0) is 51.4. The van der Waals surface area contributed by atoms with E-state index in [0.717, 1.165) is 135 Å². The van der Waals surface area contributed by atoms with Crippen LogP contribution in [-0.2, 0) is 28.6 Å². The molecule has 0 radical (unpaired) electrons. The number of rotatable bonds is 50. The summed E-state index contributed by atoms with van der Waals surface area (Å²) < 4.78 is 16.8. The largest absolute Gasteiger partial charge is 0.462 e. The average Bonchev–Trinajstić information content (AvgIpc) is 3.37. The number of carbonyl (C=O) groups excluding carboxylic acids is 3. The van der Waals surface area contributed by atoms with Crippen LogP contribution in [0.15, 0.2) is 134 Å². The van der Waals surface area contributed by atoms with Gasteiger partial charge in [-0.1, -0.05) is 225 Å². The van der Waals surface area contributed by atoms with Crippen LogP contribution in [-0.4, -0.2) is 37.2 Å². The SMILES string of the molecule is CC/C=C\C/C=C\C/C=C\C/C=C\C/C=C\C/C=C\C/C=C\CCCC(=O)OCC(COC(=O)CCCCCCC/C=C\CCCCCC)OC(=O)CCCCCCCCC/C=C\C/C=C\C/C=C\CC. The highest BCUT2D eigenvalue weighted by Gasteiger charge is 2.19. The quantitative estimate of drug-likeness (QED) is 0.0262. The molecule has 0 heterocycles. The van der Waals surface area contributed by atoms with Crippen LogP contribution in [0, 0.1) is 0 Å². The van der Waals surface area contributed by atoms with Gasteiger partial charge in [0.2, 0.25) is 0 Å². The third kappa shape index (κ3) is 56.3. The fourth-order valence-corrected chi connectivity index (χ4v) is 7.38. The Kier molecular flexibility index (Phi) is 54.5. The van der Waals surface area contributed by atoms with Crippen molar-refractivity contribution in [1.29, 1.82) is 0 Å². The second-order valence-corrected chi connectivity index (χ2v) is 18.4. The predicted molar refractivity (Wildman–Crippen MR) is 306 cm³/mol. The number of esters is 3. The summed E-state index contributed by atoms with van der Waals surface area (Å²) in [5, 5.41) is 0. The number of allylic oxidation sites excluding steroid dienone is 22. The molecule has 0 spiro atoms. The van der Waals surface area contributed by atoms with Crippen molar-refractivity contribution < 1.29 is 28.6 Å². The summed E-state index contributed by atoms with van der Waals surface area (Å²) in [6.45, 7) is 6.33. The highest BCUT2D eigenvalue weighted by Crippen LogP contribution is 2.13. The van der Waals surface area contributed by atoms with Gasteiger partial charge in [-0.2, -0.15) is 0 Å². The molecular weight excluding hydrogens is 877 g/mol. The summed E-state index contributed by atoms with van der Waals surface area (Å²) >= 11 is 0. The highest BCUT2D eigenvalue weighted by atomic mass is 16.6. The van der Waals surface area contributed by atoms with Gasteiger partial charge >= 0.3 is 17.9 Å². The molecule has 0 aromatic rings. The van der Waals surface area contributed by atoms with Gasteiger partial charge in [-0.25, -0.2) is 0 Å². The Hall–Kier alpha value is -4.45. The van der Waals surface area contributed by atoms with Crippen molar-refractivity contribution >= 4 is 17.9 Å². The molecule has 1 atom stereocenters. The lowest BCUT2D eigenvalue weighted by Crippen LogP contribution is -2.30. The molecule has 0 aliphatic carbocycles. The molecule has 6 heteroatoms. The molecule has 0 amide bonds. The molecule has 0 aromatic carbocycles. The summed E-state index contributed by atoms with van der Waals surface area (Å²) in [4.78, 5) is 38.1. The Labute approximate surface area is 436 Å². The first-order valence-electron chi connectivity index (χ1n) is 28.7. The summed E-state index contributed by atoms with van der Waals surface area (Å²) in [5.74, 6) is -0.993. The minimum absolute atomic E-state index is 0.109. The molecule has 71 heavy (non-hydrogen) atoms. The van der Waals surface area contributed by atoms with E-state index in [1.54, 1.807) is 0 Å². The van der Waals surface area contributed by atoms with Gasteiger partial charge in [0.15, 0.2) is 6.10 Å². The molecule has 0 N–H and O–H groups in total. The van der Waals surface area contributed by atoms with Crippen LogP contribution in [0.2, 0.25) is 0 Å². The van der Waals surface area contributed by atoms with Crippen molar-refractivity contribution in [1.82, 2.24) is 0 Å². The van der Waals surface area contributed by atoms with Gasteiger partial charge in [0.05, 0.1) is 0 Å². The minimum Gasteiger partial charge on any atom is -0.462 e.